The highest BCUT2D eigenvalue weighted by atomic mass is 127. The molecule has 1 amide bonds. The van der Waals surface area contributed by atoms with E-state index >= 15 is 0 Å². The summed E-state index contributed by atoms with van der Waals surface area (Å²) in [6.45, 7) is 0. The van der Waals surface area contributed by atoms with Gasteiger partial charge in [-0.05, 0) is 28.7 Å². The second-order valence-electron chi connectivity index (χ2n) is 2.39. The Hall–Kier alpha value is -0.990. The molecule has 14 heavy (non-hydrogen) atoms. The first-order chi connectivity index (χ1) is 6.43. The van der Waals surface area contributed by atoms with Crippen molar-refractivity contribution >= 4 is 28.5 Å². The van der Waals surface area contributed by atoms with Crippen molar-refractivity contribution < 1.29 is 18.7 Å². The zero-order valence-electron chi connectivity index (χ0n) is 6.67. The van der Waals surface area contributed by atoms with E-state index in [-0.39, 0.29) is 9.26 Å². The van der Waals surface area contributed by atoms with E-state index in [2.05, 4.69) is 4.98 Å². The molecule has 3 N–H and O–H groups in total. The van der Waals surface area contributed by atoms with Crippen molar-refractivity contribution in [3.63, 3.8) is 0 Å². The number of rotatable bonds is 2. The molecule has 0 aliphatic rings. The van der Waals surface area contributed by atoms with Gasteiger partial charge in [-0.25, -0.2) is 13.8 Å². The summed E-state index contributed by atoms with van der Waals surface area (Å²) in [5.74, 6) is -1.53. The Morgan fingerprint density at radius 1 is 1.64 bits per heavy atom. The zero-order valence-corrected chi connectivity index (χ0v) is 8.83. The first-order valence-corrected chi connectivity index (χ1v) is 4.48. The Morgan fingerprint density at radius 2 is 2.21 bits per heavy atom. The average molecular weight is 314 g/mol. The van der Waals surface area contributed by atoms with Crippen molar-refractivity contribution in [2.24, 2.45) is 5.73 Å². The molecule has 0 radical (unpaired) electrons. The molecule has 0 aliphatic heterocycles. The minimum absolute atomic E-state index is 0.113. The quantitative estimate of drug-likeness (QED) is 0.811. The number of amides is 1. The number of halogens is 3. The lowest BCUT2D eigenvalue weighted by Gasteiger charge is -2.05. The summed E-state index contributed by atoms with van der Waals surface area (Å²) in [6, 6.07) is 1.14. The summed E-state index contributed by atoms with van der Waals surface area (Å²) in [7, 11) is 0. The topological polar surface area (TPSA) is 76.2 Å². The fourth-order valence-electron chi connectivity index (χ4n) is 0.804. The average Bonchev–Trinajstić information content (AvgIpc) is 2.08. The first kappa shape index (κ1) is 11.1. The van der Waals surface area contributed by atoms with E-state index < -0.39 is 23.8 Å². The Balaban J connectivity index is 3.35. The van der Waals surface area contributed by atoms with E-state index in [0.717, 1.165) is 6.07 Å². The Bertz CT molecular complexity index is 384. The number of nitrogens with zero attached hydrogens (tertiary/aromatic N) is 1. The van der Waals surface area contributed by atoms with E-state index in [9.17, 15) is 18.7 Å². The number of hydrogen-bond donors (Lipinski definition) is 2. The highest BCUT2D eigenvalue weighted by Gasteiger charge is 2.19. The molecule has 1 rings (SSSR count). The van der Waals surface area contributed by atoms with E-state index in [0.29, 0.717) is 0 Å². The second-order valence-corrected chi connectivity index (χ2v) is 3.55. The molecule has 0 atom stereocenters. The maximum atomic E-state index is 12.3. The summed E-state index contributed by atoms with van der Waals surface area (Å²) in [6.07, 6.45) is -2.94. The van der Waals surface area contributed by atoms with Crippen LogP contribution in [-0.4, -0.2) is 16.0 Å². The predicted molar refractivity (Wildman–Crippen MR) is 52.1 cm³/mol. The minimum atomic E-state index is -2.94. The van der Waals surface area contributed by atoms with Gasteiger partial charge in [-0.2, -0.15) is 0 Å². The van der Waals surface area contributed by atoms with Crippen LogP contribution in [0.1, 0.15) is 22.6 Å². The van der Waals surface area contributed by atoms with Gasteiger partial charge < -0.3 is 10.8 Å². The maximum Gasteiger partial charge on any atom is 0.284 e. The smallest absolute Gasteiger partial charge is 0.284 e. The summed E-state index contributed by atoms with van der Waals surface area (Å²) in [5.41, 5.74) is 3.75. The molecule has 0 unspecified atom stereocenters. The molecule has 1 heterocycles. The number of nitrogens with two attached hydrogens (primary N) is 1. The lowest BCUT2D eigenvalue weighted by molar-refractivity contribution is 0.0993. The molecule has 0 saturated heterocycles. The molecular weight excluding hydrogens is 309 g/mol. The van der Waals surface area contributed by atoms with Crippen molar-refractivity contribution in [1.29, 1.82) is 0 Å². The van der Waals surface area contributed by atoms with Gasteiger partial charge in [-0.3, -0.25) is 4.79 Å². The van der Waals surface area contributed by atoms with Gasteiger partial charge in [-0.1, -0.05) is 0 Å². The van der Waals surface area contributed by atoms with Crippen LogP contribution in [0.4, 0.5) is 8.78 Å². The van der Waals surface area contributed by atoms with Gasteiger partial charge in [0.1, 0.15) is 11.4 Å². The second kappa shape index (κ2) is 4.03. The van der Waals surface area contributed by atoms with Crippen LogP contribution < -0.4 is 5.73 Å². The van der Waals surface area contributed by atoms with Gasteiger partial charge in [-0.15, -0.1) is 0 Å². The maximum absolute atomic E-state index is 12.3. The van der Waals surface area contributed by atoms with Crippen LogP contribution in [0.2, 0.25) is 0 Å². The number of hydrogen-bond acceptors (Lipinski definition) is 3. The molecule has 4 nitrogen and oxygen atoms in total. The fourth-order valence-corrected chi connectivity index (χ4v) is 1.38. The number of primary amides is 1. The first-order valence-electron chi connectivity index (χ1n) is 3.41. The normalized spacial score (nSPS) is 10.6. The van der Waals surface area contributed by atoms with Crippen molar-refractivity contribution in [3.8, 4) is 5.75 Å². The molecule has 0 spiro atoms. The molecule has 76 valence electrons. The molecule has 1 aromatic rings. The lowest BCUT2D eigenvalue weighted by atomic mass is 10.2. The monoisotopic (exact) mass is 314 g/mol. The molecule has 0 aliphatic carbocycles. The van der Waals surface area contributed by atoms with Crippen LogP contribution in [-0.2, 0) is 0 Å². The van der Waals surface area contributed by atoms with Gasteiger partial charge >= 0.3 is 0 Å². The molecule has 0 saturated carbocycles. The van der Waals surface area contributed by atoms with Crippen LogP contribution in [0.25, 0.3) is 0 Å². The fraction of sp³-hybridized carbons (Fsp3) is 0.143. The molecule has 0 aromatic carbocycles. The number of carbonyl (C=O) groups is 1. The standard InChI is InChI=1S/C7H5F2IN2O2/c8-6(9)4-5(13)2(10)1-3(12-4)7(11)14/h1,6,13H,(H2,11,14). The van der Waals surface area contributed by atoms with Crippen molar-refractivity contribution in [2.45, 2.75) is 6.43 Å². The third kappa shape index (κ3) is 2.08. The minimum Gasteiger partial charge on any atom is -0.505 e. The van der Waals surface area contributed by atoms with Gasteiger partial charge in [0.2, 0.25) is 0 Å². The van der Waals surface area contributed by atoms with Gasteiger partial charge in [0.25, 0.3) is 12.3 Å². The largest absolute Gasteiger partial charge is 0.505 e. The molecule has 7 heteroatoms. The number of pyridine rings is 1. The van der Waals surface area contributed by atoms with E-state index in [1.807, 2.05) is 0 Å². The SMILES string of the molecule is NC(=O)c1cc(I)c(O)c(C(F)F)n1. The van der Waals surface area contributed by atoms with E-state index in [4.69, 9.17) is 5.73 Å². The van der Waals surface area contributed by atoms with Crippen LogP contribution in [0.15, 0.2) is 6.07 Å². The third-order valence-electron chi connectivity index (χ3n) is 1.43. The van der Waals surface area contributed by atoms with Crippen LogP contribution in [0.5, 0.6) is 5.75 Å². The van der Waals surface area contributed by atoms with Gasteiger partial charge in [0, 0.05) is 0 Å². The Morgan fingerprint density at radius 3 is 2.64 bits per heavy atom. The Kier molecular flexibility index (Phi) is 3.19. The third-order valence-corrected chi connectivity index (χ3v) is 2.25. The highest BCUT2D eigenvalue weighted by molar-refractivity contribution is 14.1. The van der Waals surface area contributed by atoms with Crippen molar-refractivity contribution in [3.05, 3.63) is 21.0 Å². The molecule has 1 aromatic heterocycles. The summed E-state index contributed by atoms with van der Waals surface area (Å²) in [5, 5.41) is 9.17. The van der Waals surface area contributed by atoms with Crippen LogP contribution in [0.3, 0.4) is 0 Å². The number of carbonyl (C=O) groups excluding carboxylic acids is 1. The molecular formula is C7H5F2IN2O2. The van der Waals surface area contributed by atoms with Gasteiger partial charge in [0.15, 0.2) is 5.75 Å². The van der Waals surface area contributed by atoms with Crippen LogP contribution in [0, 0.1) is 3.57 Å². The van der Waals surface area contributed by atoms with Gasteiger partial charge in [0.05, 0.1) is 3.57 Å². The van der Waals surface area contributed by atoms with Crippen molar-refractivity contribution in [1.82, 2.24) is 4.98 Å². The molecule has 0 fully saturated rings. The van der Waals surface area contributed by atoms with Crippen LogP contribution >= 0.6 is 22.6 Å². The molecule has 0 bridgehead atoms. The predicted octanol–water partition coefficient (Wildman–Crippen LogP) is 1.43. The Labute approximate surface area is 91.3 Å². The highest BCUT2D eigenvalue weighted by Crippen LogP contribution is 2.30. The number of alkyl halides is 2. The summed E-state index contributed by atoms with van der Waals surface area (Å²) in [4.78, 5) is 13.9. The summed E-state index contributed by atoms with van der Waals surface area (Å²) < 4.78 is 24.7. The lowest BCUT2D eigenvalue weighted by Crippen LogP contribution is -2.14. The zero-order chi connectivity index (χ0) is 10.9. The number of aromatic nitrogens is 1. The van der Waals surface area contributed by atoms with Crippen molar-refractivity contribution in [2.75, 3.05) is 0 Å². The van der Waals surface area contributed by atoms with E-state index in [1.54, 1.807) is 22.6 Å². The number of aromatic hydroxyl groups is 1. The summed E-state index contributed by atoms with van der Waals surface area (Å²) >= 11 is 1.61. The van der Waals surface area contributed by atoms with E-state index in [1.165, 1.54) is 0 Å².